The molecular formula is C32H36O3. The Morgan fingerprint density at radius 1 is 0.971 bits per heavy atom. The molecule has 6 atom stereocenters. The lowest BCUT2D eigenvalue weighted by molar-refractivity contribution is -0.148. The second-order valence-electron chi connectivity index (χ2n) is 12.0. The third-order valence-corrected chi connectivity index (χ3v) is 10.1. The van der Waals surface area contributed by atoms with Crippen LogP contribution in [-0.2, 0) is 14.3 Å². The number of ketones is 1. The van der Waals surface area contributed by atoms with Gasteiger partial charge in [-0.2, -0.15) is 0 Å². The second kappa shape index (κ2) is 8.18. The molecule has 4 aliphatic carbocycles. The van der Waals surface area contributed by atoms with Crippen LogP contribution in [0.4, 0.5) is 0 Å². The SMILES string of the molecule is CC(=O)O[C@@H]1CC[C@@]2(C)C(=CC[C@H]3[C@H]2CC[C@]2(C)C(=O)/C(=C/c4ccc5ccccc5c4)C[C@H]32)C1. The third kappa shape index (κ3) is 3.61. The van der Waals surface area contributed by atoms with E-state index in [9.17, 15) is 9.59 Å². The number of allylic oxidation sites excluding steroid dienone is 2. The van der Waals surface area contributed by atoms with E-state index in [4.69, 9.17) is 4.74 Å². The molecule has 0 heterocycles. The monoisotopic (exact) mass is 468 g/mol. The average molecular weight is 469 g/mol. The Morgan fingerprint density at radius 2 is 1.74 bits per heavy atom. The van der Waals surface area contributed by atoms with Gasteiger partial charge in [0.25, 0.3) is 0 Å². The highest BCUT2D eigenvalue weighted by Gasteiger charge is 2.60. The van der Waals surface area contributed by atoms with E-state index < -0.39 is 0 Å². The first-order chi connectivity index (χ1) is 16.8. The zero-order valence-corrected chi connectivity index (χ0v) is 21.2. The van der Waals surface area contributed by atoms with E-state index >= 15 is 0 Å². The van der Waals surface area contributed by atoms with Gasteiger partial charge in [-0.1, -0.05) is 61.9 Å². The highest BCUT2D eigenvalue weighted by atomic mass is 16.5. The molecule has 0 N–H and O–H groups in total. The number of carbonyl (C=O) groups is 2. The van der Waals surface area contributed by atoms with Gasteiger partial charge >= 0.3 is 5.97 Å². The zero-order valence-electron chi connectivity index (χ0n) is 21.2. The minimum absolute atomic E-state index is 0.0294. The average Bonchev–Trinajstić information content (AvgIpc) is 3.09. The fourth-order valence-corrected chi connectivity index (χ4v) is 8.26. The van der Waals surface area contributed by atoms with Crippen molar-refractivity contribution in [1.29, 1.82) is 0 Å². The van der Waals surface area contributed by atoms with Gasteiger partial charge in [0, 0.05) is 18.8 Å². The Hall–Kier alpha value is -2.68. The Labute approximate surface area is 208 Å². The van der Waals surface area contributed by atoms with Crippen LogP contribution in [-0.4, -0.2) is 17.9 Å². The van der Waals surface area contributed by atoms with Crippen LogP contribution < -0.4 is 0 Å². The number of benzene rings is 2. The highest BCUT2D eigenvalue weighted by Crippen LogP contribution is 2.64. The summed E-state index contributed by atoms with van der Waals surface area (Å²) in [4.78, 5) is 25.3. The first-order valence-electron chi connectivity index (χ1n) is 13.4. The van der Waals surface area contributed by atoms with E-state index in [-0.39, 0.29) is 22.9 Å². The van der Waals surface area contributed by atoms with Crippen molar-refractivity contribution in [2.24, 2.45) is 28.6 Å². The van der Waals surface area contributed by atoms with Crippen molar-refractivity contribution < 1.29 is 14.3 Å². The molecule has 2 aromatic carbocycles. The molecule has 0 amide bonds. The first-order valence-corrected chi connectivity index (χ1v) is 13.4. The van der Waals surface area contributed by atoms with Crippen molar-refractivity contribution in [3.05, 3.63) is 65.3 Å². The van der Waals surface area contributed by atoms with E-state index in [1.165, 1.54) is 23.3 Å². The number of Topliss-reactive ketones (excluding diaryl/α,β-unsaturated/α-hetero) is 1. The number of esters is 1. The van der Waals surface area contributed by atoms with Crippen LogP contribution in [0, 0.1) is 28.6 Å². The van der Waals surface area contributed by atoms with Gasteiger partial charge in [-0.3, -0.25) is 9.59 Å². The van der Waals surface area contributed by atoms with Gasteiger partial charge in [-0.05, 0) is 95.7 Å². The second-order valence-corrected chi connectivity index (χ2v) is 12.0. The van der Waals surface area contributed by atoms with Gasteiger partial charge in [0.2, 0.25) is 0 Å². The maximum Gasteiger partial charge on any atom is 0.302 e. The van der Waals surface area contributed by atoms with E-state index in [0.717, 1.165) is 56.1 Å². The number of hydrogen-bond donors (Lipinski definition) is 0. The number of hydrogen-bond acceptors (Lipinski definition) is 3. The van der Waals surface area contributed by atoms with Gasteiger partial charge < -0.3 is 4.74 Å². The molecule has 0 unspecified atom stereocenters. The molecule has 182 valence electrons. The van der Waals surface area contributed by atoms with Gasteiger partial charge in [-0.15, -0.1) is 0 Å². The molecule has 0 bridgehead atoms. The maximum absolute atomic E-state index is 13.8. The molecule has 0 saturated heterocycles. The van der Waals surface area contributed by atoms with E-state index in [2.05, 4.69) is 68.5 Å². The van der Waals surface area contributed by atoms with Gasteiger partial charge in [0.05, 0.1) is 0 Å². The Kier molecular flexibility index (Phi) is 5.32. The van der Waals surface area contributed by atoms with Crippen molar-refractivity contribution in [3.63, 3.8) is 0 Å². The molecular weight excluding hydrogens is 432 g/mol. The third-order valence-electron chi connectivity index (χ3n) is 10.1. The van der Waals surface area contributed by atoms with Crippen LogP contribution in [0.25, 0.3) is 16.8 Å². The molecule has 4 aliphatic rings. The summed E-state index contributed by atoms with van der Waals surface area (Å²) in [6.07, 6.45) is 11.6. The number of carbonyl (C=O) groups excluding carboxylic acids is 2. The quantitative estimate of drug-likeness (QED) is 0.264. The van der Waals surface area contributed by atoms with Crippen molar-refractivity contribution >= 4 is 28.6 Å². The molecule has 3 heteroatoms. The number of ether oxygens (including phenoxy) is 1. The fourth-order valence-electron chi connectivity index (χ4n) is 8.26. The molecule has 0 aromatic heterocycles. The normalized spacial score (nSPS) is 37.4. The number of fused-ring (bicyclic) bond motifs is 6. The maximum atomic E-state index is 13.8. The van der Waals surface area contributed by atoms with Crippen LogP contribution in [0.5, 0.6) is 0 Å². The predicted molar refractivity (Wildman–Crippen MR) is 140 cm³/mol. The number of rotatable bonds is 2. The molecule has 2 aromatic rings. The molecule has 3 nitrogen and oxygen atoms in total. The summed E-state index contributed by atoms with van der Waals surface area (Å²) in [5, 5.41) is 2.45. The topological polar surface area (TPSA) is 43.4 Å². The molecule has 6 rings (SSSR count). The lowest BCUT2D eigenvalue weighted by atomic mass is 9.48. The van der Waals surface area contributed by atoms with Crippen LogP contribution in [0.1, 0.15) is 71.3 Å². The molecule has 35 heavy (non-hydrogen) atoms. The van der Waals surface area contributed by atoms with Crippen LogP contribution >= 0.6 is 0 Å². The summed E-state index contributed by atoms with van der Waals surface area (Å²) in [7, 11) is 0. The van der Waals surface area contributed by atoms with Crippen LogP contribution in [0.15, 0.2) is 59.7 Å². The Bertz CT molecular complexity index is 1270. The van der Waals surface area contributed by atoms with Crippen LogP contribution in [0.2, 0.25) is 0 Å². The molecule has 3 fully saturated rings. The van der Waals surface area contributed by atoms with Gasteiger partial charge in [-0.25, -0.2) is 0 Å². The van der Waals surface area contributed by atoms with E-state index in [1.54, 1.807) is 0 Å². The van der Waals surface area contributed by atoms with Gasteiger partial charge in [0.1, 0.15) is 6.10 Å². The molecule has 0 radical (unpaired) electrons. The van der Waals surface area contributed by atoms with Crippen molar-refractivity contribution in [2.45, 2.75) is 71.8 Å². The largest absolute Gasteiger partial charge is 0.462 e. The molecule has 3 saturated carbocycles. The zero-order chi connectivity index (χ0) is 24.4. The summed E-state index contributed by atoms with van der Waals surface area (Å²) < 4.78 is 5.59. The lowest BCUT2D eigenvalue weighted by Crippen LogP contribution is -2.50. The summed E-state index contributed by atoms with van der Waals surface area (Å²) in [5.41, 5.74) is 3.59. The Morgan fingerprint density at radius 3 is 2.54 bits per heavy atom. The summed E-state index contributed by atoms with van der Waals surface area (Å²) in [5.74, 6) is 1.80. The van der Waals surface area contributed by atoms with E-state index in [0.29, 0.717) is 23.5 Å². The highest BCUT2D eigenvalue weighted by molar-refractivity contribution is 6.06. The molecule has 0 aliphatic heterocycles. The minimum atomic E-state index is -0.236. The smallest absolute Gasteiger partial charge is 0.302 e. The minimum Gasteiger partial charge on any atom is -0.462 e. The fraction of sp³-hybridized carbons (Fsp3) is 0.500. The summed E-state index contributed by atoms with van der Waals surface area (Å²) >= 11 is 0. The van der Waals surface area contributed by atoms with Crippen molar-refractivity contribution in [3.8, 4) is 0 Å². The summed E-state index contributed by atoms with van der Waals surface area (Å²) in [6, 6.07) is 14.9. The van der Waals surface area contributed by atoms with Gasteiger partial charge in [0.15, 0.2) is 5.78 Å². The first kappa shape index (κ1) is 22.8. The standard InChI is InChI=1S/C32H36O3/c1-20(33)35-26-12-14-31(2)25(19-26)10-11-27-28(31)13-15-32(3)29(27)18-24(30(32)34)17-21-8-9-22-6-4-5-7-23(22)16-21/h4-10,16-17,26-29H,11-15,18-19H2,1-3H3/b24-17+/t26-,27+,28-,29-,31+,32+/m1/s1. The Balaban J connectivity index is 1.29. The van der Waals surface area contributed by atoms with Crippen molar-refractivity contribution in [2.75, 3.05) is 0 Å². The molecule has 0 spiro atoms. The van der Waals surface area contributed by atoms with E-state index in [1.807, 2.05) is 0 Å². The lowest BCUT2D eigenvalue weighted by Gasteiger charge is -2.56. The van der Waals surface area contributed by atoms with Crippen LogP contribution in [0.3, 0.4) is 0 Å². The predicted octanol–water partition coefficient (Wildman–Crippen LogP) is 7.30. The summed E-state index contributed by atoms with van der Waals surface area (Å²) in [6.45, 7) is 6.21. The van der Waals surface area contributed by atoms with Crippen molar-refractivity contribution in [1.82, 2.24) is 0 Å².